The predicted molar refractivity (Wildman–Crippen MR) is 110 cm³/mol. The Bertz CT molecular complexity index is 1210. The van der Waals surface area contributed by atoms with Crippen molar-refractivity contribution in [2.75, 3.05) is 6.61 Å². The van der Waals surface area contributed by atoms with Crippen LogP contribution in [-0.4, -0.2) is 42.4 Å². The summed E-state index contributed by atoms with van der Waals surface area (Å²) < 4.78 is 42.2. The Morgan fingerprint density at radius 1 is 1.13 bits per heavy atom. The van der Waals surface area contributed by atoms with Crippen molar-refractivity contribution < 1.29 is 23.4 Å². The van der Waals surface area contributed by atoms with Crippen LogP contribution in [0.5, 0.6) is 0 Å². The number of nitrogens with zero attached hydrogens (tertiary/aromatic N) is 4. The highest BCUT2D eigenvalue weighted by atomic mass is 19.4. The first-order valence-corrected chi connectivity index (χ1v) is 9.81. The molecule has 164 valence electrons. The molecule has 0 aliphatic carbocycles. The van der Waals surface area contributed by atoms with E-state index in [9.17, 15) is 23.4 Å². The molecule has 2 aromatic carbocycles. The van der Waals surface area contributed by atoms with Crippen LogP contribution in [0.2, 0.25) is 0 Å². The fourth-order valence-electron chi connectivity index (χ4n) is 3.68. The van der Waals surface area contributed by atoms with E-state index in [2.05, 4.69) is 15.6 Å². The molecule has 0 fully saturated rings. The lowest BCUT2D eigenvalue weighted by Gasteiger charge is -2.20. The van der Waals surface area contributed by atoms with E-state index in [-0.39, 0.29) is 12.6 Å². The Kier molecular flexibility index (Phi) is 5.46. The number of alkyl halides is 3. The highest BCUT2D eigenvalue weighted by Crippen LogP contribution is 2.34. The minimum absolute atomic E-state index is 0.103. The van der Waals surface area contributed by atoms with E-state index < -0.39 is 18.0 Å². The number of halogens is 3. The van der Waals surface area contributed by atoms with Crippen LogP contribution in [0, 0.1) is 0 Å². The second kappa shape index (κ2) is 7.95. The van der Waals surface area contributed by atoms with Gasteiger partial charge < -0.3 is 10.2 Å². The first-order chi connectivity index (χ1) is 14.7. The maximum Gasteiger partial charge on any atom is 0.416 e. The summed E-state index contributed by atoms with van der Waals surface area (Å²) in [5, 5.41) is 31.8. The number of hydrogen-bond acceptors (Lipinski definition) is 5. The number of fused-ring (bicyclic) bond motifs is 3. The lowest BCUT2D eigenvalue weighted by Crippen LogP contribution is -2.35. The second-order valence-corrected chi connectivity index (χ2v) is 7.40. The van der Waals surface area contributed by atoms with Crippen LogP contribution >= 0.6 is 0 Å². The van der Waals surface area contributed by atoms with Crippen LogP contribution in [0.15, 0.2) is 42.5 Å². The molecule has 2 atom stereocenters. The Morgan fingerprint density at radius 2 is 1.84 bits per heavy atom. The van der Waals surface area contributed by atoms with Crippen LogP contribution in [0.3, 0.4) is 0 Å². The van der Waals surface area contributed by atoms with Gasteiger partial charge >= 0.3 is 6.18 Å². The molecule has 3 N–H and O–H groups in total. The largest absolute Gasteiger partial charge is 0.416 e. The molecule has 0 saturated carbocycles. The number of nitrogens with one attached hydrogen (secondary N) is 1. The predicted octanol–water partition coefficient (Wildman–Crippen LogP) is 3.28. The average molecular weight is 433 g/mol. The first kappa shape index (κ1) is 21.3. The highest BCUT2D eigenvalue weighted by Gasteiger charge is 2.30. The third-order valence-electron chi connectivity index (χ3n) is 5.40. The van der Waals surface area contributed by atoms with E-state index in [4.69, 9.17) is 0 Å². The highest BCUT2D eigenvalue weighted by molar-refractivity contribution is 6.06. The van der Waals surface area contributed by atoms with Crippen molar-refractivity contribution in [1.82, 2.24) is 24.9 Å². The normalized spacial score (nSPS) is 14.4. The summed E-state index contributed by atoms with van der Waals surface area (Å²) in [5.41, 5.74) is 2.31. The topological polar surface area (TPSA) is 88.1 Å². The summed E-state index contributed by atoms with van der Waals surface area (Å²) in [4.78, 5) is 0. The van der Waals surface area contributed by atoms with Gasteiger partial charge in [-0.25, -0.2) is 4.68 Å². The van der Waals surface area contributed by atoms with E-state index >= 15 is 0 Å². The van der Waals surface area contributed by atoms with E-state index in [1.165, 1.54) is 12.1 Å². The summed E-state index contributed by atoms with van der Waals surface area (Å²) in [6, 6.07) is 9.94. The van der Waals surface area contributed by atoms with Gasteiger partial charge in [0.15, 0.2) is 5.65 Å². The number of aryl methyl sites for hydroxylation is 1. The van der Waals surface area contributed by atoms with Crippen molar-refractivity contribution in [2.24, 2.45) is 7.05 Å². The minimum Gasteiger partial charge on any atom is -0.395 e. The van der Waals surface area contributed by atoms with Gasteiger partial charge in [0.2, 0.25) is 0 Å². The standard InChI is InChI=1S/C21H22F3N5O2/c1-3-14(11-30)25-19(31)12-4-9-17-16(10-12)18-20(28(2)27-26-18)29(17)15-7-5-13(6-8-15)21(22,23)24/h4-10,14,19,25,30-31H,3,11H2,1-2H3/t14-,19?/m1/s1. The number of hydrogen-bond donors (Lipinski definition) is 3. The Hall–Kier alpha value is -2.95. The summed E-state index contributed by atoms with van der Waals surface area (Å²) in [6.07, 6.45) is -4.76. The molecule has 0 saturated heterocycles. The molecule has 10 heteroatoms. The fraction of sp³-hybridized carbons (Fsp3) is 0.333. The van der Waals surface area contributed by atoms with Gasteiger partial charge in [0.1, 0.15) is 11.7 Å². The zero-order chi connectivity index (χ0) is 22.3. The van der Waals surface area contributed by atoms with Crippen molar-refractivity contribution in [1.29, 1.82) is 0 Å². The van der Waals surface area contributed by atoms with Crippen molar-refractivity contribution >= 4 is 22.1 Å². The van der Waals surface area contributed by atoms with Gasteiger partial charge in [0.05, 0.1) is 17.7 Å². The molecule has 0 radical (unpaired) electrons. The summed E-state index contributed by atoms with van der Waals surface area (Å²) in [5.74, 6) is 0. The first-order valence-electron chi connectivity index (χ1n) is 9.81. The van der Waals surface area contributed by atoms with Gasteiger partial charge in [-0.05, 0) is 48.4 Å². The van der Waals surface area contributed by atoms with Gasteiger partial charge in [0.25, 0.3) is 0 Å². The Labute approximate surface area is 175 Å². The summed E-state index contributed by atoms with van der Waals surface area (Å²) >= 11 is 0. The molecule has 4 rings (SSSR count). The maximum absolute atomic E-state index is 13.0. The van der Waals surface area contributed by atoms with Crippen LogP contribution < -0.4 is 5.32 Å². The number of aliphatic hydroxyl groups excluding tert-OH is 2. The third-order valence-corrected chi connectivity index (χ3v) is 5.40. The second-order valence-electron chi connectivity index (χ2n) is 7.40. The molecule has 2 aromatic heterocycles. The van der Waals surface area contributed by atoms with Crippen LogP contribution in [0.25, 0.3) is 27.8 Å². The van der Waals surface area contributed by atoms with Gasteiger partial charge in [-0.1, -0.05) is 18.2 Å². The fourth-order valence-corrected chi connectivity index (χ4v) is 3.68. The number of aliphatic hydroxyl groups is 2. The third kappa shape index (κ3) is 3.78. The van der Waals surface area contributed by atoms with Gasteiger partial charge in [-0.15, -0.1) is 5.10 Å². The molecule has 7 nitrogen and oxygen atoms in total. The van der Waals surface area contributed by atoms with Gasteiger partial charge in [-0.2, -0.15) is 13.2 Å². The summed E-state index contributed by atoms with van der Waals surface area (Å²) in [6.45, 7) is 1.80. The van der Waals surface area contributed by atoms with E-state index in [1.54, 1.807) is 34.5 Å². The molecular formula is C21H22F3N5O2. The van der Waals surface area contributed by atoms with Gasteiger partial charge in [-0.3, -0.25) is 9.88 Å². The zero-order valence-electron chi connectivity index (χ0n) is 16.9. The van der Waals surface area contributed by atoms with E-state index in [0.29, 0.717) is 34.2 Å². The van der Waals surface area contributed by atoms with E-state index in [0.717, 1.165) is 17.6 Å². The molecule has 1 unspecified atom stereocenters. The number of aromatic nitrogens is 4. The molecule has 0 bridgehead atoms. The molecule has 31 heavy (non-hydrogen) atoms. The lowest BCUT2D eigenvalue weighted by molar-refractivity contribution is -0.137. The van der Waals surface area contributed by atoms with Crippen molar-refractivity contribution in [3.63, 3.8) is 0 Å². The SMILES string of the molecule is CC[C@H](CO)NC(O)c1ccc2c(c1)c1nnn(C)c1n2-c1ccc(C(F)(F)F)cc1. The van der Waals surface area contributed by atoms with Crippen LogP contribution in [-0.2, 0) is 13.2 Å². The Morgan fingerprint density at radius 3 is 2.45 bits per heavy atom. The lowest BCUT2D eigenvalue weighted by atomic mass is 10.1. The van der Waals surface area contributed by atoms with E-state index in [1.807, 2.05) is 6.92 Å². The number of benzene rings is 2. The van der Waals surface area contributed by atoms with Crippen molar-refractivity contribution in [3.8, 4) is 5.69 Å². The molecule has 0 spiro atoms. The van der Waals surface area contributed by atoms with Crippen LogP contribution in [0.1, 0.15) is 30.7 Å². The quantitative estimate of drug-likeness (QED) is 0.406. The van der Waals surface area contributed by atoms with Crippen molar-refractivity contribution in [2.45, 2.75) is 31.8 Å². The minimum atomic E-state index is -4.41. The molecule has 0 amide bonds. The zero-order valence-corrected chi connectivity index (χ0v) is 16.9. The average Bonchev–Trinajstić information content (AvgIpc) is 3.28. The molecule has 0 aliphatic heterocycles. The Balaban J connectivity index is 1.83. The molecule has 2 heterocycles. The number of rotatable bonds is 6. The molecular weight excluding hydrogens is 411 g/mol. The molecule has 4 aromatic rings. The van der Waals surface area contributed by atoms with Crippen LogP contribution in [0.4, 0.5) is 13.2 Å². The summed E-state index contributed by atoms with van der Waals surface area (Å²) in [7, 11) is 1.71. The smallest absolute Gasteiger partial charge is 0.395 e. The monoisotopic (exact) mass is 433 g/mol. The molecule has 0 aliphatic rings. The van der Waals surface area contributed by atoms with Crippen molar-refractivity contribution in [3.05, 3.63) is 53.6 Å². The van der Waals surface area contributed by atoms with Gasteiger partial charge in [0, 0.05) is 24.2 Å². The maximum atomic E-state index is 13.0.